The molecule has 94 valence electrons. The lowest BCUT2D eigenvalue weighted by Gasteiger charge is -2.29. The number of hydrogen-bond acceptors (Lipinski definition) is 3. The molecular formula is C14H22N2O. The summed E-state index contributed by atoms with van der Waals surface area (Å²) in [5.41, 5.74) is 2.49. The molecule has 1 aliphatic heterocycles. The van der Waals surface area contributed by atoms with Crippen LogP contribution in [0.25, 0.3) is 0 Å². The predicted molar refractivity (Wildman–Crippen MR) is 72.9 cm³/mol. The van der Waals surface area contributed by atoms with Crippen molar-refractivity contribution in [2.24, 2.45) is 0 Å². The summed E-state index contributed by atoms with van der Waals surface area (Å²) >= 11 is 0. The van der Waals surface area contributed by atoms with Crippen molar-refractivity contribution in [2.75, 3.05) is 43.1 Å². The van der Waals surface area contributed by atoms with E-state index in [0.717, 1.165) is 0 Å². The Labute approximate surface area is 104 Å². The Balaban J connectivity index is 2.01. The van der Waals surface area contributed by atoms with Crippen LogP contribution in [0.4, 0.5) is 11.4 Å². The summed E-state index contributed by atoms with van der Waals surface area (Å²) in [7, 11) is 2.01. The number of aliphatic hydroxyl groups excluding tert-OH is 1. The number of rotatable bonds is 4. The van der Waals surface area contributed by atoms with Gasteiger partial charge < -0.3 is 14.9 Å². The van der Waals surface area contributed by atoms with Gasteiger partial charge in [0.2, 0.25) is 0 Å². The van der Waals surface area contributed by atoms with E-state index in [0.29, 0.717) is 6.54 Å². The Morgan fingerprint density at radius 3 is 2.35 bits per heavy atom. The molecule has 1 aliphatic rings. The van der Waals surface area contributed by atoms with Crippen LogP contribution in [0.2, 0.25) is 0 Å². The van der Waals surface area contributed by atoms with Gasteiger partial charge in [-0.15, -0.1) is 0 Å². The molecule has 3 heteroatoms. The van der Waals surface area contributed by atoms with E-state index in [1.165, 1.54) is 43.7 Å². The Morgan fingerprint density at radius 2 is 1.76 bits per heavy atom. The quantitative estimate of drug-likeness (QED) is 0.864. The first-order valence-corrected chi connectivity index (χ1v) is 6.48. The van der Waals surface area contributed by atoms with Gasteiger partial charge in [0.15, 0.2) is 0 Å². The zero-order valence-corrected chi connectivity index (χ0v) is 10.6. The highest BCUT2D eigenvalue weighted by molar-refractivity contribution is 5.56. The Hall–Kier alpha value is -1.22. The molecule has 0 bridgehead atoms. The lowest BCUT2D eigenvalue weighted by molar-refractivity contribution is 0.304. The second kappa shape index (κ2) is 5.92. The fourth-order valence-electron chi connectivity index (χ4n) is 2.35. The van der Waals surface area contributed by atoms with E-state index in [1.54, 1.807) is 0 Å². The second-order valence-electron chi connectivity index (χ2n) is 4.71. The zero-order valence-electron chi connectivity index (χ0n) is 10.6. The molecule has 2 rings (SSSR count). The highest BCUT2D eigenvalue weighted by Gasteiger charge is 2.10. The third-order valence-corrected chi connectivity index (χ3v) is 3.45. The molecule has 1 aromatic carbocycles. The van der Waals surface area contributed by atoms with Gasteiger partial charge in [-0.3, -0.25) is 0 Å². The molecule has 1 fully saturated rings. The minimum absolute atomic E-state index is 0.199. The second-order valence-corrected chi connectivity index (χ2v) is 4.71. The average molecular weight is 234 g/mol. The van der Waals surface area contributed by atoms with Crippen LogP contribution >= 0.6 is 0 Å². The summed E-state index contributed by atoms with van der Waals surface area (Å²) in [6.07, 6.45) is 3.99. The topological polar surface area (TPSA) is 26.7 Å². The SMILES string of the molecule is CN(CCO)c1ccc(N2CCCCC2)cc1. The summed E-state index contributed by atoms with van der Waals surface area (Å²) < 4.78 is 0. The predicted octanol–water partition coefficient (Wildman–Crippen LogP) is 2.11. The van der Waals surface area contributed by atoms with Crippen molar-refractivity contribution in [1.29, 1.82) is 0 Å². The van der Waals surface area contributed by atoms with Crippen LogP contribution < -0.4 is 9.80 Å². The fourth-order valence-corrected chi connectivity index (χ4v) is 2.35. The number of aliphatic hydroxyl groups is 1. The van der Waals surface area contributed by atoms with E-state index in [-0.39, 0.29) is 6.61 Å². The van der Waals surface area contributed by atoms with Gasteiger partial charge in [0.1, 0.15) is 0 Å². The summed E-state index contributed by atoms with van der Waals surface area (Å²) in [6.45, 7) is 3.26. The molecule has 0 atom stereocenters. The molecule has 0 radical (unpaired) electrons. The van der Waals surface area contributed by atoms with Crippen LogP contribution in [0.15, 0.2) is 24.3 Å². The number of anilines is 2. The van der Waals surface area contributed by atoms with Crippen molar-refractivity contribution >= 4 is 11.4 Å². The normalized spacial score (nSPS) is 16.0. The smallest absolute Gasteiger partial charge is 0.0606 e. The van der Waals surface area contributed by atoms with Gasteiger partial charge in [-0.25, -0.2) is 0 Å². The van der Waals surface area contributed by atoms with Crippen LogP contribution in [-0.2, 0) is 0 Å². The lowest BCUT2D eigenvalue weighted by atomic mass is 10.1. The number of nitrogens with zero attached hydrogens (tertiary/aromatic N) is 2. The number of likely N-dealkylation sites (N-methyl/N-ethyl adjacent to an activating group) is 1. The summed E-state index contributed by atoms with van der Waals surface area (Å²) in [5.74, 6) is 0. The van der Waals surface area contributed by atoms with Crippen LogP contribution in [0.1, 0.15) is 19.3 Å². The van der Waals surface area contributed by atoms with Crippen molar-refractivity contribution < 1.29 is 5.11 Å². The van der Waals surface area contributed by atoms with Gasteiger partial charge in [-0.2, -0.15) is 0 Å². The van der Waals surface area contributed by atoms with Crippen molar-refractivity contribution in [3.05, 3.63) is 24.3 Å². The number of hydrogen-bond donors (Lipinski definition) is 1. The molecule has 1 heterocycles. The minimum Gasteiger partial charge on any atom is -0.395 e. The van der Waals surface area contributed by atoms with Crippen LogP contribution in [0, 0.1) is 0 Å². The third-order valence-electron chi connectivity index (χ3n) is 3.45. The van der Waals surface area contributed by atoms with E-state index < -0.39 is 0 Å². The molecule has 1 N–H and O–H groups in total. The van der Waals surface area contributed by atoms with E-state index in [2.05, 4.69) is 34.1 Å². The summed E-state index contributed by atoms with van der Waals surface area (Å²) in [4.78, 5) is 4.53. The van der Waals surface area contributed by atoms with Crippen molar-refractivity contribution in [1.82, 2.24) is 0 Å². The fraction of sp³-hybridized carbons (Fsp3) is 0.571. The lowest BCUT2D eigenvalue weighted by Crippen LogP contribution is -2.29. The molecular weight excluding hydrogens is 212 g/mol. The highest BCUT2D eigenvalue weighted by atomic mass is 16.3. The van der Waals surface area contributed by atoms with Crippen LogP contribution in [-0.4, -0.2) is 38.4 Å². The first-order valence-electron chi connectivity index (χ1n) is 6.48. The summed E-state index contributed by atoms with van der Waals surface area (Å²) in [5, 5.41) is 8.91. The molecule has 3 nitrogen and oxygen atoms in total. The monoisotopic (exact) mass is 234 g/mol. The number of piperidine rings is 1. The van der Waals surface area contributed by atoms with Gasteiger partial charge in [0, 0.05) is 38.1 Å². The molecule has 0 amide bonds. The Bertz CT molecular complexity index is 331. The highest BCUT2D eigenvalue weighted by Crippen LogP contribution is 2.22. The maximum absolute atomic E-state index is 8.91. The average Bonchev–Trinajstić information content (AvgIpc) is 2.40. The Kier molecular flexibility index (Phi) is 4.26. The molecule has 1 saturated heterocycles. The van der Waals surface area contributed by atoms with Gasteiger partial charge >= 0.3 is 0 Å². The first kappa shape index (κ1) is 12.2. The van der Waals surface area contributed by atoms with Gasteiger partial charge in [0.05, 0.1) is 6.61 Å². The van der Waals surface area contributed by atoms with E-state index in [1.807, 2.05) is 7.05 Å². The van der Waals surface area contributed by atoms with E-state index in [9.17, 15) is 0 Å². The van der Waals surface area contributed by atoms with Crippen molar-refractivity contribution in [3.8, 4) is 0 Å². The molecule has 1 aromatic rings. The molecule has 0 aromatic heterocycles. The minimum atomic E-state index is 0.199. The molecule has 0 saturated carbocycles. The maximum Gasteiger partial charge on any atom is 0.0606 e. The van der Waals surface area contributed by atoms with Crippen molar-refractivity contribution in [2.45, 2.75) is 19.3 Å². The van der Waals surface area contributed by atoms with Crippen LogP contribution in [0.3, 0.4) is 0 Å². The number of benzene rings is 1. The first-order chi connectivity index (χ1) is 8.31. The zero-order chi connectivity index (χ0) is 12.1. The van der Waals surface area contributed by atoms with Gasteiger partial charge in [-0.05, 0) is 43.5 Å². The summed E-state index contributed by atoms with van der Waals surface area (Å²) in [6, 6.07) is 8.66. The van der Waals surface area contributed by atoms with E-state index >= 15 is 0 Å². The van der Waals surface area contributed by atoms with Crippen LogP contribution in [0.5, 0.6) is 0 Å². The van der Waals surface area contributed by atoms with E-state index in [4.69, 9.17) is 5.11 Å². The Morgan fingerprint density at radius 1 is 1.12 bits per heavy atom. The van der Waals surface area contributed by atoms with Gasteiger partial charge in [0.25, 0.3) is 0 Å². The standard InChI is InChI=1S/C14H22N2O/c1-15(11-12-17)13-5-7-14(8-6-13)16-9-3-2-4-10-16/h5-8,17H,2-4,9-12H2,1H3. The molecule has 0 unspecified atom stereocenters. The van der Waals surface area contributed by atoms with Crippen molar-refractivity contribution in [3.63, 3.8) is 0 Å². The maximum atomic E-state index is 8.91. The largest absolute Gasteiger partial charge is 0.395 e. The van der Waals surface area contributed by atoms with Gasteiger partial charge in [-0.1, -0.05) is 0 Å². The molecule has 17 heavy (non-hydrogen) atoms. The molecule has 0 aliphatic carbocycles. The molecule has 0 spiro atoms. The third kappa shape index (κ3) is 3.13.